The van der Waals surface area contributed by atoms with Crippen molar-refractivity contribution in [1.29, 1.82) is 0 Å². The van der Waals surface area contributed by atoms with E-state index in [1.165, 1.54) is 0 Å². The van der Waals surface area contributed by atoms with Crippen LogP contribution in [-0.2, 0) is 0 Å². The molecule has 0 heterocycles. The Labute approximate surface area is 226 Å². The highest BCUT2D eigenvalue weighted by Crippen LogP contribution is 2.50. The first-order valence-corrected chi connectivity index (χ1v) is 14.1. The fourth-order valence-electron chi connectivity index (χ4n) is 3.51. The van der Waals surface area contributed by atoms with E-state index < -0.39 is 0 Å². The average molecular weight is 659 g/mol. The zero-order valence-electron chi connectivity index (χ0n) is 19.1. The van der Waals surface area contributed by atoms with Gasteiger partial charge in [-0.1, -0.05) is 72.1 Å². The van der Waals surface area contributed by atoms with Crippen molar-refractivity contribution in [2.75, 3.05) is 50.0 Å². The lowest BCUT2D eigenvalue weighted by atomic mass is 9.96. The average Bonchev–Trinajstić information content (AvgIpc) is 2.89. The summed E-state index contributed by atoms with van der Waals surface area (Å²) >= 11 is 10.2. The molecule has 3 aromatic carbocycles. The summed E-state index contributed by atoms with van der Waals surface area (Å²) in [6.45, 7) is 1.68. The first-order valence-electron chi connectivity index (χ1n) is 10.7. The summed E-state index contributed by atoms with van der Waals surface area (Å²) in [5, 5.41) is 2.23. The largest absolute Gasteiger partial charge is 0.496 e. The van der Waals surface area contributed by atoms with Crippen LogP contribution in [-0.4, -0.2) is 50.0 Å². The van der Waals surface area contributed by atoms with Gasteiger partial charge < -0.3 is 23.7 Å². The van der Waals surface area contributed by atoms with Crippen LogP contribution in [0.3, 0.4) is 0 Å². The molecule has 0 radical (unpaired) electrons. The Bertz CT molecular complexity index is 1040. The molecule has 0 amide bonds. The normalized spacial score (nSPS) is 10.6. The number of hydrogen-bond acceptors (Lipinski definition) is 5. The quantitative estimate of drug-likeness (QED) is 0.180. The van der Waals surface area contributed by atoms with E-state index in [1.807, 2.05) is 54.6 Å². The Morgan fingerprint density at radius 1 is 0.588 bits per heavy atom. The van der Waals surface area contributed by atoms with E-state index in [9.17, 15) is 0 Å². The fraction of sp³-hybridized carbons (Fsp3) is 0.308. The number of ether oxygens (including phenoxy) is 5. The standard InChI is InChI=1S/C26H27Br3O5/c1-30-23-17-22(18-3-7-20(8-4-18)32-14-11-27)25(31-2)26(34-16-13-29)24(23)19-5-9-21(10-6-19)33-15-12-28/h3-10,17H,11-16H2,1-2H3. The minimum Gasteiger partial charge on any atom is -0.496 e. The highest BCUT2D eigenvalue weighted by molar-refractivity contribution is 9.09. The molecule has 0 saturated heterocycles. The minimum atomic E-state index is 0.474. The molecule has 5 nitrogen and oxygen atoms in total. The maximum atomic E-state index is 6.22. The number of halogens is 3. The molecule has 0 unspecified atom stereocenters. The molecular formula is C26H27Br3O5. The highest BCUT2D eigenvalue weighted by atomic mass is 79.9. The van der Waals surface area contributed by atoms with Crippen LogP contribution in [0.4, 0.5) is 0 Å². The Kier molecular flexibility index (Phi) is 10.9. The van der Waals surface area contributed by atoms with Gasteiger partial charge in [-0.2, -0.15) is 0 Å². The summed E-state index contributed by atoms with van der Waals surface area (Å²) in [5.41, 5.74) is 3.61. The molecule has 0 spiro atoms. The van der Waals surface area contributed by atoms with Gasteiger partial charge in [-0.25, -0.2) is 0 Å². The van der Waals surface area contributed by atoms with Crippen molar-refractivity contribution in [2.24, 2.45) is 0 Å². The molecule has 0 aliphatic rings. The van der Waals surface area contributed by atoms with E-state index in [0.717, 1.165) is 44.4 Å². The highest BCUT2D eigenvalue weighted by Gasteiger charge is 2.23. The molecule has 0 fully saturated rings. The van der Waals surface area contributed by atoms with Crippen LogP contribution in [0.1, 0.15) is 0 Å². The third kappa shape index (κ3) is 6.61. The third-order valence-electron chi connectivity index (χ3n) is 4.95. The second-order valence-electron chi connectivity index (χ2n) is 7.02. The van der Waals surface area contributed by atoms with Crippen LogP contribution in [0.25, 0.3) is 22.3 Å². The van der Waals surface area contributed by atoms with Crippen molar-refractivity contribution in [2.45, 2.75) is 0 Å². The van der Waals surface area contributed by atoms with Crippen LogP contribution < -0.4 is 23.7 Å². The van der Waals surface area contributed by atoms with Crippen molar-refractivity contribution in [3.05, 3.63) is 54.6 Å². The topological polar surface area (TPSA) is 46.2 Å². The van der Waals surface area contributed by atoms with Gasteiger partial charge in [0.2, 0.25) is 0 Å². The monoisotopic (exact) mass is 656 g/mol. The van der Waals surface area contributed by atoms with Gasteiger partial charge in [-0.15, -0.1) is 0 Å². The second kappa shape index (κ2) is 13.9. The molecule has 0 aliphatic carbocycles. The predicted octanol–water partition coefficient (Wildman–Crippen LogP) is 7.36. The first-order chi connectivity index (χ1) is 16.7. The van der Waals surface area contributed by atoms with Crippen molar-refractivity contribution in [3.8, 4) is 51.0 Å². The van der Waals surface area contributed by atoms with Crippen molar-refractivity contribution in [3.63, 3.8) is 0 Å². The van der Waals surface area contributed by atoms with Crippen molar-refractivity contribution < 1.29 is 23.7 Å². The number of methoxy groups -OCH3 is 2. The third-order valence-corrected chi connectivity index (χ3v) is 5.92. The van der Waals surface area contributed by atoms with Crippen LogP contribution in [0.2, 0.25) is 0 Å². The van der Waals surface area contributed by atoms with Gasteiger partial charge >= 0.3 is 0 Å². The summed E-state index contributed by atoms with van der Waals surface area (Å²) in [7, 11) is 3.31. The Balaban J connectivity index is 2.11. The smallest absolute Gasteiger partial charge is 0.173 e. The van der Waals surface area contributed by atoms with Gasteiger partial charge in [-0.05, 0) is 41.5 Å². The molecule has 0 bridgehead atoms. The van der Waals surface area contributed by atoms with E-state index in [-0.39, 0.29) is 0 Å². The van der Waals surface area contributed by atoms with Crippen molar-refractivity contribution >= 4 is 47.8 Å². The summed E-state index contributed by atoms with van der Waals surface area (Å²) in [6.07, 6.45) is 0. The van der Waals surface area contributed by atoms with E-state index >= 15 is 0 Å². The predicted molar refractivity (Wildman–Crippen MR) is 148 cm³/mol. The van der Waals surface area contributed by atoms with Gasteiger partial charge in [-0.3, -0.25) is 0 Å². The summed E-state index contributed by atoms with van der Waals surface area (Å²) in [5.74, 6) is 3.57. The van der Waals surface area contributed by atoms with E-state index in [0.29, 0.717) is 42.4 Å². The molecule has 0 aromatic heterocycles. The zero-order valence-corrected chi connectivity index (χ0v) is 23.9. The van der Waals surface area contributed by atoms with Gasteiger partial charge in [0, 0.05) is 21.6 Å². The fourth-order valence-corrected chi connectivity index (χ4v) is 3.99. The van der Waals surface area contributed by atoms with Gasteiger partial charge in [0.25, 0.3) is 0 Å². The van der Waals surface area contributed by atoms with E-state index in [1.54, 1.807) is 14.2 Å². The molecule has 182 valence electrons. The number of rotatable bonds is 13. The molecule has 3 rings (SSSR count). The Morgan fingerprint density at radius 2 is 1.09 bits per heavy atom. The lowest BCUT2D eigenvalue weighted by molar-refractivity contribution is 0.313. The summed E-state index contributed by atoms with van der Waals surface area (Å²) < 4.78 is 29.3. The van der Waals surface area contributed by atoms with Gasteiger partial charge in [0.1, 0.15) is 17.2 Å². The molecule has 0 saturated carbocycles. The lowest BCUT2D eigenvalue weighted by Gasteiger charge is -2.21. The summed E-state index contributed by atoms with van der Waals surface area (Å²) in [6, 6.07) is 17.8. The SMILES string of the molecule is COc1cc(-c2ccc(OCCBr)cc2)c(OC)c(OCCBr)c1-c1ccc(OCCBr)cc1. The second-order valence-corrected chi connectivity index (χ2v) is 9.40. The number of hydrogen-bond donors (Lipinski definition) is 0. The van der Waals surface area contributed by atoms with E-state index in [2.05, 4.69) is 47.8 Å². The molecular weight excluding hydrogens is 632 g/mol. The molecule has 34 heavy (non-hydrogen) atoms. The zero-order chi connectivity index (χ0) is 24.3. The molecule has 3 aromatic rings. The Morgan fingerprint density at radius 3 is 1.56 bits per heavy atom. The first kappa shape index (κ1) is 26.7. The number of alkyl halides is 3. The Hall–Kier alpha value is -1.90. The van der Waals surface area contributed by atoms with Gasteiger partial charge in [0.05, 0.1) is 39.6 Å². The van der Waals surface area contributed by atoms with E-state index in [4.69, 9.17) is 23.7 Å². The maximum absolute atomic E-state index is 6.22. The van der Waals surface area contributed by atoms with Gasteiger partial charge in [0.15, 0.2) is 11.5 Å². The van der Waals surface area contributed by atoms with Crippen LogP contribution in [0.5, 0.6) is 28.7 Å². The molecule has 0 N–H and O–H groups in total. The van der Waals surface area contributed by atoms with Crippen LogP contribution >= 0.6 is 47.8 Å². The maximum Gasteiger partial charge on any atom is 0.173 e. The van der Waals surface area contributed by atoms with Crippen LogP contribution in [0.15, 0.2) is 54.6 Å². The molecule has 0 aliphatic heterocycles. The molecule has 8 heteroatoms. The molecule has 0 atom stereocenters. The summed E-state index contributed by atoms with van der Waals surface area (Å²) in [4.78, 5) is 0. The lowest BCUT2D eigenvalue weighted by Crippen LogP contribution is -2.04. The number of benzene rings is 3. The van der Waals surface area contributed by atoms with Crippen molar-refractivity contribution in [1.82, 2.24) is 0 Å². The van der Waals surface area contributed by atoms with Crippen LogP contribution in [0, 0.1) is 0 Å². The minimum absolute atomic E-state index is 0.474.